The molecule has 2 rings (SSSR count). The Hall–Kier alpha value is -2.10. The molecule has 0 fully saturated rings. The van der Waals surface area contributed by atoms with Crippen LogP contribution in [0.15, 0.2) is 33.5 Å². The van der Waals surface area contributed by atoms with Crippen LogP contribution < -0.4 is 10.5 Å². The van der Waals surface area contributed by atoms with Crippen molar-refractivity contribution in [1.29, 1.82) is 0 Å². The first-order chi connectivity index (χ1) is 8.93. The second-order valence-electron chi connectivity index (χ2n) is 5.02. The Morgan fingerprint density at radius 1 is 1.21 bits per heavy atom. The molecular formula is C15H17NO3. The maximum Gasteiger partial charge on any atom is 0.360 e. The molecule has 1 aromatic carbocycles. The highest BCUT2D eigenvalue weighted by atomic mass is 16.4. The highest BCUT2D eigenvalue weighted by Crippen LogP contribution is 2.27. The van der Waals surface area contributed by atoms with E-state index >= 15 is 0 Å². The van der Waals surface area contributed by atoms with Gasteiger partial charge < -0.3 is 9.32 Å². The molecule has 100 valence electrons. The highest BCUT2D eigenvalue weighted by molar-refractivity contribution is 6.11. The lowest BCUT2D eigenvalue weighted by Gasteiger charge is -2.17. The lowest BCUT2D eigenvalue weighted by molar-refractivity contribution is 0.0941. The smallest absolute Gasteiger partial charge is 0.360 e. The molecule has 0 unspecified atom stereocenters. The molecule has 0 saturated heterocycles. The van der Waals surface area contributed by atoms with E-state index in [1.165, 1.54) is 0 Å². The van der Waals surface area contributed by atoms with Crippen molar-refractivity contribution in [3.8, 4) is 0 Å². The summed E-state index contributed by atoms with van der Waals surface area (Å²) >= 11 is 0. The summed E-state index contributed by atoms with van der Waals surface area (Å²) in [5.74, 6) is -0.225. The Morgan fingerprint density at radius 2 is 1.84 bits per heavy atom. The van der Waals surface area contributed by atoms with Crippen LogP contribution in [0, 0.1) is 5.92 Å². The number of benzene rings is 1. The molecule has 0 atom stereocenters. The van der Waals surface area contributed by atoms with E-state index in [0.29, 0.717) is 22.2 Å². The largest absolute Gasteiger partial charge is 0.421 e. The normalized spacial score (nSPS) is 11.0. The fraction of sp³-hybridized carbons (Fsp3) is 0.333. The van der Waals surface area contributed by atoms with E-state index in [1.807, 2.05) is 19.9 Å². The fourth-order valence-electron chi connectivity index (χ4n) is 2.08. The molecule has 0 N–H and O–H groups in total. The van der Waals surface area contributed by atoms with E-state index in [0.717, 1.165) is 0 Å². The minimum absolute atomic E-state index is 0.0483. The fourth-order valence-corrected chi connectivity index (χ4v) is 2.08. The van der Waals surface area contributed by atoms with Crippen molar-refractivity contribution in [3.63, 3.8) is 0 Å². The van der Waals surface area contributed by atoms with Gasteiger partial charge in [0.15, 0.2) is 5.78 Å². The van der Waals surface area contributed by atoms with Crippen molar-refractivity contribution >= 4 is 22.4 Å². The van der Waals surface area contributed by atoms with E-state index in [9.17, 15) is 9.59 Å². The molecule has 0 aliphatic carbocycles. The molecule has 4 heteroatoms. The molecule has 1 heterocycles. The average molecular weight is 259 g/mol. The number of rotatable bonds is 3. The van der Waals surface area contributed by atoms with Crippen molar-refractivity contribution in [3.05, 3.63) is 40.2 Å². The van der Waals surface area contributed by atoms with Gasteiger partial charge in [0, 0.05) is 25.4 Å². The number of anilines is 1. The van der Waals surface area contributed by atoms with Gasteiger partial charge >= 0.3 is 5.63 Å². The lowest BCUT2D eigenvalue weighted by Crippen LogP contribution is -2.24. The Balaban J connectivity index is 2.93. The van der Waals surface area contributed by atoms with Gasteiger partial charge in [-0.05, 0) is 6.07 Å². The van der Waals surface area contributed by atoms with Gasteiger partial charge in [0.1, 0.15) is 11.3 Å². The molecule has 0 aliphatic rings. The number of carbonyl (C=O) groups is 1. The number of nitrogens with zero attached hydrogens (tertiary/aromatic N) is 1. The van der Waals surface area contributed by atoms with Crippen LogP contribution in [0.3, 0.4) is 0 Å². The number of para-hydroxylation sites is 1. The molecule has 19 heavy (non-hydrogen) atoms. The summed E-state index contributed by atoms with van der Waals surface area (Å²) in [5, 5.41) is 0.685. The summed E-state index contributed by atoms with van der Waals surface area (Å²) in [6.07, 6.45) is 0. The number of hydrogen-bond acceptors (Lipinski definition) is 4. The van der Waals surface area contributed by atoms with Gasteiger partial charge in [-0.3, -0.25) is 4.79 Å². The third-order valence-electron chi connectivity index (χ3n) is 3.01. The zero-order chi connectivity index (χ0) is 14.2. The quantitative estimate of drug-likeness (QED) is 0.628. The molecule has 0 spiro atoms. The Labute approximate surface area is 111 Å². The van der Waals surface area contributed by atoms with Crippen molar-refractivity contribution in [2.45, 2.75) is 13.8 Å². The molecule has 0 saturated carbocycles. The van der Waals surface area contributed by atoms with Crippen LogP contribution in [0.25, 0.3) is 11.0 Å². The number of carbonyl (C=O) groups excluding carboxylic acids is 1. The van der Waals surface area contributed by atoms with E-state index < -0.39 is 5.63 Å². The zero-order valence-corrected chi connectivity index (χ0v) is 11.6. The Kier molecular flexibility index (Phi) is 3.42. The van der Waals surface area contributed by atoms with Gasteiger partial charge in [0.2, 0.25) is 0 Å². The van der Waals surface area contributed by atoms with E-state index in [2.05, 4.69) is 0 Å². The van der Waals surface area contributed by atoms with E-state index in [4.69, 9.17) is 4.42 Å². The number of Topliss-reactive ketones (excluding diaryl/α,β-unsaturated/α-hetero) is 1. The SMILES string of the molecule is CC(C)C(=O)c1c(N(C)C)c(=O)oc2ccccc12. The summed E-state index contributed by atoms with van der Waals surface area (Å²) < 4.78 is 5.28. The summed E-state index contributed by atoms with van der Waals surface area (Å²) in [5.41, 5.74) is 0.735. The van der Waals surface area contributed by atoms with Crippen LogP contribution >= 0.6 is 0 Å². The standard InChI is InChI=1S/C15H17NO3/c1-9(2)14(17)12-10-7-5-6-8-11(10)19-15(18)13(12)16(3)4/h5-9H,1-4H3. The van der Waals surface area contributed by atoms with Gasteiger partial charge in [0.25, 0.3) is 0 Å². The Bertz CT molecular complexity index is 683. The lowest BCUT2D eigenvalue weighted by atomic mass is 9.96. The second kappa shape index (κ2) is 4.88. The maximum atomic E-state index is 12.4. The third-order valence-corrected chi connectivity index (χ3v) is 3.01. The first kappa shape index (κ1) is 13.3. The van der Waals surface area contributed by atoms with Crippen LogP contribution in [-0.2, 0) is 0 Å². The summed E-state index contributed by atoms with van der Waals surface area (Å²) in [7, 11) is 3.47. The van der Waals surface area contributed by atoms with Crippen LogP contribution in [0.5, 0.6) is 0 Å². The minimum Gasteiger partial charge on any atom is -0.421 e. The zero-order valence-electron chi connectivity index (χ0n) is 11.6. The molecule has 0 aliphatic heterocycles. The summed E-state index contributed by atoms with van der Waals surface area (Å²) in [6, 6.07) is 7.12. The first-order valence-electron chi connectivity index (χ1n) is 6.21. The molecule has 0 amide bonds. The van der Waals surface area contributed by atoms with E-state index in [-0.39, 0.29) is 11.7 Å². The molecule has 0 bridgehead atoms. The summed E-state index contributed by atoms with van der Waals surface area (Å²) in [6.45, 7) is 3.65. The van der Waals surface area contributed by atoms with Crippen molar-refractivity contribution < 1.29 is 9.21 Å². The van der Waals surface area contributed by atoms with Crippen LogP contribution in [-0.4, -0.2) is 19.9 Å². The monoisotopic (exact) mass is 259 g/mol. The van der Waals surface area contributed by atoms with Crippen LogP contribution in [0.4, 0.5) is 5.69 Å². The average Bonchev–Trinajstić information content (AvgIpc) is 2.35. The number of ketones is 1. The van der Waals surface area contributed by atoms with Crippen molar-refractivity contribution in [1.82, 2.24) is 0 Å². The number of hydrogen-bond donors (Lipinski definition) is 0. The topological polar surface area (TPSA) is 50.5 Å². The minimum atomic E-state index is -0.479. The third kappa shape index (κ3) is 2.26. The second-order valence-corrected chi connectivity index (χ2v) is 5.02. The summed E-state index contributed by atoms with van der Waals surface area (Å²) in [4.78, 5) is 26.1. The molecule has 0 radical (unpaired) electrons. The maximum absolute atomic E-state index is 12.4. The first-order valence-corrected chi connectivity index (χ1v) is 6.21. The molecular weight excluding hydrogens is 242 g/mol. The predicted octanol–water partition coefficient (Wildman–Crippen LogP) is 2.70. The van der Waals surface area contributed by atoms with Gasteiger partial charge in [-0.15, -0.1) is 0 Å². The van der Waals surface area contributed by atoms with Crippen LogP contribution in [0.2, 0.25) is 0 Å². The Morgan fingerprint density at radius 3 is 2.42 bits per heavy atom. The van der Waals surface area contributed by atoms with Gasteiger partial charge in [-0.2, -0.15) is 0 Å². The van der Waals surface area contributed by atoms with Crippen molar-refractivity contribution in [2.24, 2.45) is 5.92 Å². The van der Waals surface area contributed by atoms with E-state index in [1.54, 1.807) is 37.2 Å². The van der Waals surface area contributed by atoms with Gasteiger partial charge in [0.05, 0.1) is 5.56 Å². The molecule has 1 aromatic heterocycles. The van der Waals surface area contributed by atoms with Crippen LogP contribution in [0.1, 0.15) is 24.2 Å². The van der Waals surface area contributed by atoms with Gasteiger partial charge in [-0.25, -0.2) is 4.79 Å². The molecule has 4 nitrogen and oxygen atoms in total. The van der Waals surface area contributed by atoms with Gasteiger partial charge in [-0.1, -0.05) is 32.0 Å². The van der Waals surface area contributed by atoms with Crippen molar-refractivity contribution in [2.75, 3.05) is 19.0 Å². The number of fused-ring (bicyclic) bond motifs is 1. The molecule has 2 aromatic rings. The predicted molar refractivity (Wildman–Crippen MR) is 76.0 cm³/mol. The highest BCUT2D eigenvalue weighted by Gasteiger charge is 2.23.